The largest absolute Gasteiger partial charge is 0.394 e. The minimum atomic E-state index is 0.0503. The first-order valence-electron chi connectivity index (χ1n) is 15.5. The second-order valence-electron chi connectivity index (χ2n) is 8.72. The van der Waals surface area contributed by atoms with Crippen LogP contribution in [0.2, 0.25) is 0 Å². The normalized spacial score (nSPS) is 11.6. The predicted octanol–water partition coefficient (Wildman–Crippen LogP) is 1.37. The molecule has 0 amide bonds. The Morgan fingerprint density at radius 2 is 0.476 bits per heavy atom. The van der Waals surface area contributed by atoms with Crippen LogP contribution in [-0.2, 0) is 56.8 Å². The highest BCUT2D eigenvalue weighted by molar-refractivity contribution is 4.42. The van der Waals surface area contributed by atoms with Crippen LogP contribution in [0.3, 0.4) is 0 Å². The highest BCUT2D eigenvalue weighted by atomic mass is 16.6. The molecule has 13 nitrogen and oxygen atoms in total. The molecule has 0 spiro atoms. The van der Waals surface area contributed by atoms with Crippen molar-refractivity contribution in [3.63, 3.8) is 0 Å². The molecule has 0 aromatic rings. The Bertz CT molecular complexity index is 423. The zero-order chi connectivity index (χ0) is 30.3. The molecule has 0 aliphatic carbocycles. The van der Waals surface area contributed by atoms with Gasteiger partial charge < -0.3 is 61.9 Å². The van der Waals surface area contributed by atoms with Crippen LogP contribution in [0.25, 0.3) is 0 Å². The van der Waals surface area contributed by atoms with E-state index in [9.17, 15) is 0 Å². The minimum Gasteiger partial charge on any atom is -0.394 e. The van der Waals surface area contributed by atoms with Crippen LogP contribution in [0.1, 0.15) is 26.2 Å². The molecule has 0 heterocycles. The standard InChI is InChI=1S/C29H60O13/c1-2-31-10-11-35-16-17-37-20-21-39-24-25-41-28-29-42-27-26-40-23-22-38-19-18-36-15-13-33-8-5-3-4-7-32-12-14-34-9-6-30/h30H,2-29H2,1H3. The third-order valence-electron chi connectivity index (χ3n) is 5.24. The van der Waals surface area contributed by atoms with Gasteiger partial charge in [0, 0.05) is 19.8 Å². The molecular formula is C29H60O13. The Hall–Kier alpha value is -0.520. The fraction of sp³-hybridized carbons (Fsp3) is 1.00. The average Bonchev–Trinajstić information content (AvgIpc) is 3.00. The number of ether oxygens (including phenoxy) is 12. The second-order valence-corrected chi connectivity index (χ2v) is 8.72. The van der Waals surface area contributed by atoms with Crippen molar-refractivity contribution < 1.29 is 61.9 Å². The predicted molar refractivity (Wildman–Crippen MR) is 156 cm³/mol. The molecule has 0 aromatic carbocycles. The lowest BCUT2D eigenvalue weighted by molar-refractivity contribution is -0.0263. The lowest BCUT2D eigenvalue weighted by Gasteiger charge is -2.09. The van der Waals surface area contributed by atoms with Crippen molar-refractivity contribution in [1.82, 2.24) is 0 Å². The molecule has 0 aliphatic heterocycles. The third-order valence-corrected chi connectivity index (χ3v) is 5.24. The third kappa shape index (κ3) is 39.5. The fourth-order valence-electron chi connectivity index (χ4n) is 3.10. The van der Waals surface area contributed by atoms with Crippen LogP contribution in [0.4, 0.5) is 0 Å². The van der Waals surface area contributed by atoms with Gasteiger partial charge in [-0.05, 0) is 26.2 Å². The first-order valence-corrected chi connectivity index (χ1v) is 15.5. The van der Waals surface area contributed by atoms with Crippen molar-refractivity contribution in [2.45, 2.75) is 26.2 Å². The molecule has 0 aliphatic rings. The summed E-state index contributed by atoms with van der Waals surface area (Å²) in [4.78, 5) is 0. The van der Waals surface area contributed by atoms with Gasteiger partial charge in [0.1, 0.15) is 0 Å². The van der Waals surface area contributed by atoms with Gasteiger partial charge in [-0.1, -0.05) is 0 Å². The monoisotopic (exact) mass is 616 g/mol. The van der Waals surface area contributed by atoms with Gasteiger partial charge in [0.2, 0.25) is 0 Å². The molecule has 0 saturated heterocycles. The van der Waals surface area contributed by atoms with Crippen LogP contribution < -0.4 is 0 Å². The van der Waals surface area contributed by atoms with E-state index in [-0.39, 0.29) is 6.61 Å². The van der Waals surface area contributed by atoms with E-state index in [4.69, 9.17) is 61.9 Å². The van der Waals surface area contributed by atoms with Crippen molar-refractivity contribution in [2.24, 2.45) is 0 Å². The lowest BCUT2D eigenvalue weighted by atomic mass is 10.2. The van der Waals surface area contributed by atoms with Gasteiger partial charge in [0.15, 0.2) is 0 Å². The van der Waals surface area contributed by atoms with Gasteiger partial charge in [0.05, 0.1) is 145 Å². The summed E-state index contributed by atoms with van der Waals surface area (Å²) in [5.74, 6) is 0. The maximum Gasteiger partial charge on any atom is 0.0701 e. The SMILES string of the molecule is CCOCCOCCOCCOCCOCCOCCOCCOCCOCCOCCCCCOCCOCCO. The van der Waals surface area contributed by atoms with Gasteiger partial charge in [-0.15, -0.1) is 0 Å². The molecule has 0 radical (unpaired) electrons. The summed E-state index contributed by atoms with van der Waals surface area (Å²) < 4.78 is 64.9. The second kappa shape index (κ2) is 40.5. The molecule has 0 aromatic heterocycles. The fourth-order valence-corrected chi connectivity index (χ4v) is 3.10. The van der Waals surface area contributed by atoms with Crippen LogP contribution in [0, 0.1) is 0 Å². The number of rotatable bonds is 39. The van der Waals surface area contributed by atoms with Crippen molar-refractivity contribution in [3.05, 3.63) is 0 Å². The van der Waals surface area contributed by atoms with E-state index < -0.39 is 0 Å². The number of unbranched alkanes of at least 4 members (excludes halogenated alkanes) is 2. The first-order chi connectivity index (χ1) is 20.9. The molecule has 13 heteroatoms. The Labute approximate surface area is 253 Å². The van der Waals surface area contributed by atoms with Gasteiger partial charge in [-0.3, -0.25) is 0 Å². The van der Waals surface area contributed by atoms with Gasteiger partial charge in [-0.2, -0.15) is 0 Å². The summed E-state index contributed by atoms with van der Waals surface area (Å²) in [6, 6.07) is 0. The quantitative estimate of drug-likeness (QED) is 0.0999. The number of hydrogen-bond donors (Lipinski definition) is 1. The van der Waals surface area contributed by atoms with E-state index in [0.29, 0.717) is 145 Å². The van der Waals surface area contributed by atoms with Gasteiger partial charge in [-0.25, -0.2) is 0 Å². The summed E-state index contributed by atoms with van der Waals surface area (Å²) in [5, 5.41) is 8.59. The lowest BCUT2D eigenvalue weighted by Crippen LogP contribution is -2.15. The molecular weight excluding hydrogens is 556 g/mol. The zero-order valence-corrected chi connectivity index (χ0v) is 26.1. The van der Waals surface area contributed by atoms with E-state index in [0.717, 1.165) is 32.5 Å². The van der Waals surface area contributed by atoms with Crippen LogP contribution in [0.15, 0.2) is 0 Å². The molecule has 0 rings (SSSR count). The topological polar surface area (TPSA) is 131 Å². The van der Waals surface area contributed by atoms with Crippen molar-refractivity contribution >= 4 is 0 Å². The van der Waals surface area contributed by atoms with E-state index >= 15 is 0 Å². The number of hydrogen-bond acceptors (Lipinski definition) is 13. The summed E-state index contributed by atoms with van der Waals surface area (Å²) >= 11 is 0. The van der Waals surface area contributed by atoms with Crippen molar-refractivity contribution in [3.8, 4) is 0 Å². The van der Waals surface area contributed by atoms with Gasteiger partial charge in [0.25, 0.3) is 0 Å². The molecule has 0 bridgehead atoms. The van der Waals surface area contributed by atoms with Crippen LogP contribution >= 0.6 is 0 Å². The molecule has 0 fully saturated rings. The van der Waals surface area contributed by atoms with E-state index in [1.807, 2.05) is 6.92 Å². The van der Waals surface area contributed by atoms with Gasteiger partial charge >= 0.3 is 0 Å². The number of aliphatic hydroxyl groups excluding tert-OH is 1. The maximum absolute atomic E-state index is 8.59. The first kappa shape index (κ1) is 41.5. The van der Waals surface area contributed by atoms with Crippen LogP contribution in [-0.4, -0.2) is 170 Å². The Morgan fingerprint density at radius 3 is 0.714 bits per heavy atom. The summed E-state index contributed by atoms with van der Waals surface area (Å²) in [5.41, 5.74) is 0. The minimum absolute atomic E-state index is 0.0503. The highest BCUT2D eigenvalue weighted by Crippen LogP contribution is 1.97. The molecule has 1 N–H and O–H groups in total. The Kier molecular flexibility index (Phi) is 40.0. The molecule has 42 heavy (non-hydrogen) atoms. The summed E-state index contributed by atoms with van der Waals surface area (Å²) in [6.45, 7) is 15.4. The Morgan fingerprint density at radius 1 is 0.262 bits per heavy atom. The van der Waals surface area contributed by atoms with E-state index in [2.05, 4.69) is 0 Å². The average molecular weight is 617 g/mol. The number of aliphatic hydroxyl groups is 1. The zero-order valence-electron chi connectivity index (χ0n) is 26.1. The summed E-state index contributed by atoms with van der Waals surface area (Å²) in [7, 11) is 0. The molecule has 0 atom stereocenters. The Balaban J connectivity index is 3.02. The summed E-state index contributed by atoms with van der Waals surface area (Å²) in [6.07, 6.45) is 3.08. The highest BCUT2D eigenvalue weighted by Gasteiger charge is 1.96. The molecule has 0 saturated carbocycles. The van der Waals surface area contributed by atoms with Crippen LogP contribution in [0.5, 0.6) is 0 Å². The van der Waals surface area contributed by atoms with E-state index in [1.165, 1.54) is 0 Å². The molecule has 0 unspecified atom stereocenters. The van der Waals surface area contributed by atoms with Crippen molar-refractivity contribution in [2.75, 3.05) is 165 Å². The van der Waals surface area contributed by atoms with E-state index in [1.54, 1.807) is 0 Å². The van der Waals surface area contributed by atoms with Crippen molar-refractivity contribution in [1.29, 1.82) is 0 Å². The molecule has 254 valence electrons. The smallest absolute Gasteiger partial charge is 0.0701 e. The maximum atomic E-state index is 8.59.